The molecule has 0 rings (SSSR count). The predicted molar refractivity (Wildman–Crippen MR) is 123 cm³/mol. The third kappa shape index (κ3) is 20.5. The molecule has 0 aliphatic carbocycles. The average molecular weight is 465 g/mol. The standard InChI is InChI=1S/C22H36N6O5/c29-18-23-13-7-1-2-10-16-26-22(33)28(17-11-4-3-8-14-24-19-30)27-21(32)12-6-5-9-15-25-20-31/h1-17H2,(H,26,33)(H,27,32). The molecule has 11 nitrogen and oxygen atoms in total. The lowest BCUT2D eigenvalue weighted by atomic mass is 10.2. The molecule has 0 atom stereocenters. The van der Waals surface area contributed by atoms with Gasteiger partial charge in [-0.2, -0.15) is 0 Å². The highest BCUT2D eigenvalue weighted by Gasteiger charge is 2.15. The van der Waals surface area contributed by atoms with E-state index < -0.39 is 0 Å². The van der Waals surface area contributed by atoms with Gasteiger partial charge in [0.2, 0.25) is 24.1 Å². The molecule has 184 valence electrons. The summed E-state index contributed by atoms with van der Waals surface area (Å²) in [5.74, 6) is -0.236. The van der Waals surface area contributed by atoms with Crippen molar-refractivity contribution in [3.05, 3.63) is 0 Å². The van der Waals surface area contributed by atoms with Crippen LogP contribution in [0.15, 0.2) is 15.0 Å². The Balaban J connectivity index is 4.34. The van der Waals surface area contributed by atoms with E-state index in [1.165, 1.54) is 23.2 Å². The second-order valence-electron chi connectivity index (χ2n) is 7.48. The first-order valence-electron chi connectivity index (χ1n) is 11.6. The number of carbonyl (C=O) groups is 2. The molecule has 0 unspecified atom stereocenters. The lowest BCUT2D eigenvalue weighted by Crippen LogP contribution is -2.51. The molecule has 0 fully saturated rings. The molecule has 0 aliphatic heterocycles. The van der Waals surface area contributed by atoms with Crippen molar-refractivity contribution >= 4 is 30.2 Å². The summed E-state index contributed by atoms with van der Waals surface area (Å²) in [6, 6.07) is -0.347. The summed E-state index contributed by atoms with van der Waals surface area (Å²) in [6.45, 7) is 2.20. The smallest absolute Gasteiger partial charge is 0.336 e. The molecule has 11 heteroatoms. The van der Waals surface area contributed by atoms with Crippen molar-refractivity contribution in [2.24, 2.45) is 15.0 Å². The molecule has 3 amide bonds. The van der Waals surface area contributed by atoms with Crippen LogP contribution in [0.4, 0.5) is 4.79 Å². The van der Waals surface area contributed by atoms with E-state index in [0.29, 0.717) is 52.0 Å². The highest BCUT2D eigenvalue weighted by Crippen LogP contribution is 2.04. The maximum Gasteiger partial charge on any atom is 0.336 e. The fourth-order valence-corrected chi connectivity index (χ4v) is 2.98. The van der Waals surface area contributed by atoms with Crippen molar-refractivity contribution in [1.29, 1.82) is 0 Å². The van der Waals surface area contributed by atoms with Gasteiger partial charge in [0.1, 0.15) is 0 Å². The molecule has 0 spiro atoms. The molecule has 0 bridgehead atoms. The Kier molecular flexibility index (Phi) is 21.3. The van der Waals surface area contributed by atoms with Gasteiger partial charge in [-0.1, -0.05) is 32.1 Å². The molecule has 0 aromatic heterocycles. The van der Waals surface area contributed by atoms with Crippen molar-refractivity contribution in [3.63, 3.8) is 0 Å². The van der Waals surface area contributed by atoms with Gasteiger partial charge in [-0.25, -0.2) is 39.2 Å². The number of hydrogen-bond donors (Lipinski definition) is 2. The van der Waals surface area contributed by atoms with E-state index in [0.717, 1.165) is 51.4 Å². The van der Waals surface area contributed by atoms with Crippen LogP contribution in [0.2, 0.25) is 0 Å². The van der Waals surface area contributed by atoms with Crippen LogP contribution in [-0.4, -0.2) is 67.9 Å². The molecule has 0 radical (unpaired) electrons. The Bertz CT molecular complexity index is 683. The van der Waals surface area contributed by atoms with Crippen LogP contribution in [0.5, 0.6) is 0 Å². The Labute approximate surface area is 195 Å². The van der Waals surface area contributed by atoms with Crippen molar-refractivity contribution in [2.45, 2.75) is 77.0 Å². The zero-order chi connectivity index (χ0) is 24.4. The number of nitrogens with zero attached hydrogens (tertiary/aromatic N) is 4. The highest BCUT2D eigenvalue weighted by molar-refractivity contribution is 5.81. The van der Waals surface area contributed by atoms with Gasteiger partial charge in [0, 0.05) is 19.5 Å². The number of carbonyl (C=O) groups excluding carboxylic acids is 5. The summed E-state index contributed by atoms with van der Waals surface area (Å²) in [6.07, 6.45) is 13.5. The molecular weight excluding hydrogens is 428 g/mol. The number of hydrazine groups is 1. The minimum Gasteiger partial charge on any atom is -0.337 e. The van der Waals surface area contributed by atoms with E-state index in [9.17, 15) is 24.0 Å². The summed E-state index contributed by atoms with van der Waals surface area (Å²) in [5, 5.41) is 4.15. The molecule has 33 heavy (non-hydrogen) atoms. The van der Waals surface area contributed by atoms with Gasteiger partial charge in [-0.05, 0) is 38.5 Å². The fourth-order valence-electron chi connectivity index (χ4n) is 2.98. The summed E-state index contributed by atoms with van der Waals surface area (Å²) in [4.78, 5) is 65.4. The maximum atomic E-state index is 12.5. The lowest BCUT2D eigenvalue weighted by molar-refractivity contribution is -0.125. The number of amides is 3. The van der Waals surface area contributed by atoms with Crippen molar-refractivity contribution in [3.8, 4) is 0 Å². The van der Waals surface area contributed by atoms with Crippen molar-refractivity contribution in [2.75, 3.05) is 32.7 Å². The molecule has 0 saturated carbocycles. The van der Waals surface area contributed by atoms with E-state index in [-0.39, 0.29) is 18.4 Å². The zero-order valence-electron chi connectivity index (χ0n) is 19.4. The number of hydrogen-bond acceptors (Lipinski definition) is 8. The minimum atomic E-state index is -0.347. The number of aliphatic imine (C=N–C) groups is 3. The van der Waals surface area contributed by atoms with E-state index >= 15 is 0 Å². The monoisotopic (exact) mass is 464 g/mol. The summed E-state index contributed by atoms with van der Waals surface area (Å²) < 4.78 is 0. The van der Waals surface area contributed by atoms with E-state index in [2.05, 4.69) is 25.7 Å². The van der Waals surface area contributed by atoms with Gasteiger partial charge in [0.05, 0.1) is 19.6 Å². The lowest BCUT2D eigenvalue weighted by Gasteiger charge is -2.24. The Morgan fingerprint density at radius 3 is 1.67 bits per heavy atom. The van der Waals surface area contributed by atoms with Crippen LogP contribution in [0.1, 0.15) is 77.0 Å². The summed E-state index contributed by atoms with van der Waals surface area (Å²) >= 11 is 0. The number of rotatable bonds is 20. The van der Waals surface area contributed by atoms with E-state index in [1.54, 1.807) is 0 Å². The maximum absolute atomic E-state index is 12.5. The van der Waals surface area contributed by atoms with Crippen LogP contribution < -0.4 is 10.7 Å². The minimum absolute atomic E-state index is 0.236. The van der Waals surface area contributed by atoms with Gasteiger partial charge in [-0.3, -0.25) is 10.2 Å². The first kappa shape index (κ1) is 29.9. The fraction of sp³-hybridized carbons (Fsp3) is 0.773. The van der Waals surface area contributed by atoms with E-state index in [1.807, 2.05) is 0 Å². The largest absolute Gasteiger partial charge is 0.337 e. The number of urea groups is 1. The van der Waals surface area contributed by atoms with Gasteiger partial charge in [-0.15, -0.1) is 0 Å². The Hall–Kier alpha value is -3.12. The van der Waals surface area contributed by atoms with E-state index in [4.69, 9.17) is 0 Å². The van der Waals surface area contributed by atoms with Crippen molar-refractivity contribution in [1.82, 2.24) is 15.8 Å². The van der Waals surface area contributed by atoms with Crippen molar-refractivity contribution < 1.29 is 24.0 Å². The third-order valence-corrected chi connectivity index (χ3v) is 4.75. The normalized spacial score (nSPS) is 9.70. The molecule has 0 aliphatic rings. The van der Waals surface area contributed by atoms with Crippen LogP contribution in [0.25, 0.3) is 0 Å². The average Bonchev–Trinajstić information content (AvgIpc) is 2.81. The SMILES string of the molecule is O=C=NCCCCCCNC(=O)N(CCCCCCN=C=O)NC(=O)CCCCCN=C=O. The molecule has 0 aromatic rings. The Morgan fingerprint density at radius 1 is 0.636 bits per heavy atom. The molecule has 2 N–H and O–H groups in total. The van der Waals surface area contributed by atoms with Crippen LogP contribution >= 0.6 is 0 Å². The molecule has 0 saturated heterocycles. The van der Waals surface area contributed by atoms with Gasteiger partial charge < -0.3 is 5.32 Å². The topological polar surface area (TPSA) is 150 Å². The van der Waals surface area contributed by atoms with Gasteiger partial charge in [0.25, 0.3) is 0 Å². The first-order chi connectivity index (χ1) is 16.2. The quantitative estimate of drug-likeness (QED) is 0.123. The van der Waals surface area contributed by atoms with Gasteiger partial charge >= 0.3 is 6.03 Å². The number of nitrogens with one attached hydrogen (secondary N) is 2. The summed E-state index contributed by atoms with van der Waals surface area (Å²) in [7, 11) is 0. The Morgan fingerprint density at radius 2 is 1.12 bits per heavy atom. The number of isocyanates is 3. The molecule has 0 heterocycles. The van der Waals surface area contributed by atoms with Crippen LogP contribution in [0, 0.1) is 0 Å². The predicted octanol–water partition coefficient (Wildman–Crippen LogP) is 2.72. The zero-order valence-corrected chi connectivity index (χ0v) is 19.4. The van der Waals surface area contributed by atoms with Crippen LogP contribution in [-0.2, 0) is 19.2 Å². The molecule has 0 aromatic carbocycles. The van der Waals surface area contributed by atoms with Gasteiger partial charge in [0.15, 0.2) is 0 Å². The highest BCUT2D eigenvalue weighted by atomic mass is 16.2. The second-order valence-corrected chi connectivity index (χ2v) is 7.48. The molecular formula is C22H36N6O5. The third-order valence-electron chi connectivity index (χ3n) is 4.75. The summed E-state index contributed by atoms with van der Waals surface area (Å²) in [5.41, 5.74) is 2.68. The number of unbranched alkanes of at least 4 members (excludes halogenated alkanes) is 8. The second kappa shape index (κ2) is 23.5. The van der Waals surface area contributed by atoms with Crippen LogP contribution in [0.3, 0.4) is 0 Å². The first-order valence-corrected chi connectivity index (χ1v) is 11.6.